The topological polar surface area (TPSA) is 29.5 Å². The third-order valence-corrected chi connectivity index (χ3v) is 4.17. The van der Waals surface area contributed by atoms with E-state index in [2.05, 4.69) is 0 Å². The number of halogens is 4. The predicted octanol–water partition coefficient (Wildman–Crippen LogP) is 3.36. The van der Waals surface area contributed by atoms with Gasteiger partial charge in [0, 0.05) is 13.1 Å². The molecule has 1 amide bonds. The van der Waals surface area contributed by atoms with Crippen LogP contribution in [0.15, 0.2) is 18.2 Å². The van der Waals surface area contributed by atoms with E-state index in [4.69, 9.17) is 16.3 Å². The minimum Gasteiger partial charge on any atom is -0.371 e. The zero-order valence-corrected chi connectivity index (χ0v) is 11.7. The first kappa shape index (κ1) is 14.7. The van der Waals surface area contributed by atoms with E-state index in [9.17, 15) is 18.0 Å². The summed E-state index contributed by atoms with van der Waals surface area (Å²) in [6.07, 6.45) is -2.59. The molecule has 3 nitrogen and oxygen atoms in total. The van der Waals surface area contributed by atoms with Crippen molar-refractivity contribution in [1.82, 2.24) is 4.90 Å². The summed E-state index contributed by atoms with van der Waals surface area (Å²) < 4.78 is 43.4. The molecule has 2 fully saturated rings. The van der Waals surface area contributed by atoms with Crippen molar-refractivity contribution in [2.24, 2.45) is 0 Å². The average molecular weight is 320 g/mol. The second kappa shape index (κ2) is 5.18. The van der Waals surface area contributed by atoms with Crippen molar-refractivity contribution < 1.29 is 22.7 Å². The van der Waals surface area contributed by atoms with Crippen LogP contribution in [0.25, 0.3) is 0 Å². The molecule has 1 aromatic rings. The first-order chi connectivity index (χ1) is 9.84. The summed E-state index contributed by atoms with van der Waals surface area (Å²) in [7, 11) is 0. The molecule has 0 aromatic heterocycles. The molecular weight excluding hydrogens is 307 g/mol. The van der Waals surface area contributed by atoms with Crippen molar-refractivity contribution in [3.05, 3.63) is 34.3 Å². The van der Waals surface area contributed by atoms with Gasteiger partial charge in [0.1, 0.15) is 0 Å². The average Bonchev–Trinajstić information content (AvgIpc) is 2.75. The highest BCUT2D eigenvalue weighted by Crippen LogP contribution is 2.33. The van der Waals surface area contributed by atoms with Crippen LogP contribution in [0.3, 0.4) is 0 Å². The fraction of sp³-hybridized carbons (Fsp3) is 0.500. The van der Waals surface area contributed by atoms with Crippen molar-refractivity contribution in [3.63, 3.8) is 0 Å². The fourth-order valence-electron chi connectivity index (χ4n) is 2.82. The molecule has 0 radical (unpaired) electrons. The Hall–Kier alpha value is -1.27. The zero-order valence-electron chi connectivity index (χ0n) is 11.0. The number of benzene rings is 1. The maximum atomic E-state index is 12.6. The molecule has 1 aromatic carbocycles. The molecule has 7 heteroatoms. The third-order valence-electron chi connectivity index (χ3n) is 3.86. The summed E-state index contributed by atoms with van der Waals surface area (Å²) in [4.78, 5) is 14.0. The number of carbonyl (C=O) groups is 1. The normalized spacial score (nSPS) is 25.2. The number of hydrogen-bond acceptors (Lipinski definition) is 2. The predicted molar refractivity (Wildman–Crippen MR) is 70.3 cm³/mol. The van der Waals surface area contributed by atoms with Gasteiger partial charge in [-0.25, -0.2) is 0 Å². The molecule has 2 aliphatic rings. The van der Waals surface area contributed by atoms with Crippen molar-refractivity contribution in [3.8, 4) is 0 Å². The quantitative estimate of drug-likeness (QED) is 0.794. The fourth-order valence-corrected chi connectivity index (χ4v) is 3.08. The zero-order chi connectivity index (χ0) is 15.2. The maximum Gasteiger partial charge on any atom is 0.416 e. The van der Waals surface area contributed by atoms with E-state index in [1.165, 1.54) is 0 Å². The molecule has 0 saturated carbocycles. The lowest BCUT2D eigenvalue weighted by Crippen LogP contribution is -2.45. The first-order valence-corrected chi connectivity index (χ1v) is 7.04. The Morgan fingerprint density at radius 3 is 2.38 bits per heavy atom. The second-order valence-corrected chi connectivity index (χ2v) is 5.77. The number of carbonyl (C=O) groups excluding carboxylic acids is 1. The van der Waals surface area contributed by atoms with E-state index >= 15 is 0 Å². The lowest BCUT2D eigenvalue weighted by Gasteiger charge is -2.32. The van der Waals surface area contributed by atoms with Gasteiger partial charge in [-0.2, -0.15) is 13.2 Å². The molecule has 2 bridgehead atoms. The van der Waals surface area contributed by atoms with Crippen molar-refractivity contribution in [2.45, 2.75) is 31.2 Å². The molecule has 21 heavy (non-hydrogen) atoms. The van der Waals surface area contributed by atoms with Gasteiger partial charge in [0.25, 0.3) is 5.91 Å². The van der Waals surface area contributed by atoms with Crippen LogP contribution in [-0.2, 0) is 10.9 Å². The third kappa shape index (κ3) is 2.87. The minimum atomic E-state index is -4.47. The lowest BCUT2D eigenvalue weighted by atomic mass is 10.1. The van der Waals surface area contributed by atoms with Crippen LogP contribution < -0.4 is 0 Å². The highest BCUT2D eigenvalue weighted by atomic mass is 35.5. The number of alkyl halides is 3. The van der Waals surface area contributed by atoms with Gasteiger partial charge in [-0.05, 0) is 31.0 Å². The summed E-state index contributed by atoms with van der Waals surface area (Å²) >= 11 is 5.86. The smallest absolute Gasteiger partial charge is 0.371 e. The van der Waals surface area contributed by atoms with Crippen LogP contribution in [-0.4, -0.2) is 36.1 Å². The van der Waals surface area contributed by atoms with Gasteiger partial charge in [0.05, 0.1) is 28.4 Å². The highest BCUT2D eigenvalue weighted by molar-refractivity contribution is 6.33. The standard InChI is InChI=1S/C14H13ClF3NO2/c15-12-5-8(14(16,17)18)1-4-11(12)13(20)19-6-9-2-3-10(7-19)21-9/h1,4-5,9-10H,2-3,6-7H2/t9-,10+. The van der Waals surface area contributed by atoms with Gasteiger partial charge < -0.3 is 9.64 Å². The van der Waals surface area contributed by atoms with Crippen LogP contribution in [0.1, 0.15) is 28.8 Å². The molecule has 0 aliphatic carbocycles. The first-order valence-electron chi connectivity index (χ1n) is 6.66. The van der Waals surface area contributed by atoms with Gasteiger partial charge >= 0.3 is 6.18 Å². The van der Waals surface area contributed by atoms with Crippen molar-refractivity contribution >= 4 is 17.5 Å². The molecule has 0 spiro atoms. The van der Waals surface area contributed by atoms with E-state index < -0.39 is 11.7 Å². The van der Waals surface area contributed by atoms with Gasteiger partial charge in [0.2, 0.25) is 0 Å². The van der Waals surface area contributed by atoms with Crippen LogP contribution in [0.4, 0.5) is 13.2 Å². The Kier molecular flexibility index (Phi) is 3.61. The summed E-state index contributed by atoms with van der Waals surface area (Å²) in [6.45, 7) is 0.930. The van der Waals surface area contributed by atoms with Crippen molar-refractivity contribution in [2.75, 3.05) is 13.1 Å². The Labute approximate surface area is 124 Å². The molecule has 2 saturated heterocycles. The maximum absolute atomic E-state index is 12.6. The number of morpholine rings is 1. The molecular formula is C14H13ClF3NO2. The summed E-state index contributed by atoms with van der Waals surface area (Å²) in [5, 5.41) is -0.173. The number of rotatable bonds is 1. The lowest BCUT2D eigenvalue weighted by molar-refractivity contribution is -0.137. The number of nitrogens with zero attached hydrogens (tertiary/aromatic N) is 1. The van der Waals surface area contributed by atoms with Crippen LogP contribution in [0.2, 0.25) is 5.02 Å². The van der Waals surface area contributed by atoms with Crippen LogP contribution in [0.5, 0.6) is 0 Å². The van der Waals surface area contributed by atoms with Gasteiger partial charge in [0.15, 0.2) is 0 Å². The molecule has 114 valence electrons. The second-order valence-electron chi connectivity index (χ2n) is 5.36. The van der Waals surface area contributed by atoms with E-state index in [1.807, 2.05) is 0 Å². The monoisotopic (exact) mass is 319 g/mol. The van der Waals surface area contributed by atoms with Gasteiger partial charge in [-0.15, -0.1) is 0 Å². The largest absolute Gasteiger partial charge is 0.416 e. The number of likely N-dealkylation sites (tertiary alicyclic amines) is 1. The Balaban J connectivity index is 1.82. The highest BCUT2D eigenvalue weighted by Gasteiger charge is 2.37. The van der Waals surface area contributed by atoms with E-state index in [1.54, 1.807) is 4.90 Å². The minimum absolute atomic E-state index is 0.0286. The van der Waals surface area contributed by atoms with Gasteiger partial charge in [-0.3, -0.25) is 4.79 Å². The Morgan fingerprint density at radius 2 is 1.86 bits per heavy atom. The molecule has 0 N–H and O–H groups in total. The molecule has 3 rings (SSSR count). The Bertz CT molecular complexity index is 564. The number of ether oxygens (including phenoxy) is 1. The summed E-state index contributed by atoms with van der Waals surface area (Å²) in [6, 6.07) is 2.82. The van der Waals surface area contributed by atoms with E-state index in [-0.39, 0.29) is 28.7 Å². The van der Waals surface area contributed by atoms with Crippen LogP contribution >= 0.6 is 11.6 Å². The van der Waals surface area contributed by atoms with Crippen molar-refractivity contribution in [1.29, 1.82) is 0 Å². The molecule has 0 unspecified atom stereocenters. The summed E-state index contributed by atoms with van der Waals surface area (Å²) in [5.41, 5.74) is -0.753. The van der Waals surface area contributed by atoms with E-state index in [0.717, 1.165) is 31.0 Å². The molecule has 2 atom stereocenters. The molecule has 2 aliphatic heterocycles. The van der Waals surface area contributed by atoms with E-state index in [0.29, 0.717) is 13.1 Å². The Morgan fingerprint density at radius 1 is 1.24 bits per heavy atom. The number of hydrogen-bond donors (Lipinski definition) is 0. The van der Waals surface area contributed by atoms with Crippen LogP contribution in [0, 0.1) is 0 Å². The number of fused-ring (bicyclic) bond motifs is 2. The SMILES string of the molecule is O=C(c1ccc(C(F)(F)F)cc1Cl)N1C[C@H]2CC[C@@H](C1)O2. The summed E-state index contributed by atoms with van der Waals surface area (Å²) in [5.74, 6) is -0.339. The van der Waals surface area contributed by atoms with Gasteiger partial charge in [-0.1, -0.05) is 11.6 Å². The number of amides is 1. The molecule has 2 heterocycles.